The van der Waals surface area contributed by atoms with Gasteiger partial charge in [0.05, 0.1) is 57.0 Å². The third-order valence-corrected chi connectivity index (χ3v) is 12.0. The highest BCUT2D eigenvalue weighted by Gasteiger charge is 2.21. The van der Waals surface area contributed by atoms with E-state index >= 15 is 0 Å². The van der Waals surface area contributed by atoms with Gasteiger partial charge in [0.1, 0.15) is 0 Å². The van der Waals surface area contributed by atoms with Gasteiger partial charge in [-0.25, -0.2) is 0 Å². The summed E-state index contributed by atoms with van der Waals surface area (Å²) in [5, 5.41) is 33.6. The molecule has 0 saturated heterocycles. The van der Waals surface area contributed by atoms with Gasteiger partial charge in [0, 0.05) is 32.9 Å². The van der Waals surface area contributed by atoms with Crippen LogP contribution in [0.15, 0.2) is 200 Å². The van der Waals surface area contributed by atoms with Crippen molar-refractivity contribution >= 4 is 43.6 Å². The Balaban J connectivity index is 1.20. The molecular formula is C57H33N5. The van der Waals surface area contributed by atoms with Gasteiger partial charge in [0.25, 0.3) is 0 Å². The van der Waals surface area contributed by atoms with Crippen molar-refractivity contribution in [1.82, 2.24) is 9.13 Å². The predicted molar refractivity (Wildman–Crippen MR) is 251 cm³/mol. The fourth-order valence-electron chi connectivity index (χ4n) is 9.27. The minimum absolute atomic E-state index is 0.562. The summed E-state index contributed by atoms with van der Waals surface area (Å²) in [4.78, 5) is 0. The van der Waals surface area contributed by atoms with Crippen LogP contribution in [0.2, 0.25) is 0 Å². The second kappa shape index (κ2) is 14.7. The van der Waals surface area contributed by atoms with E-state index in [1.807, 2.05) is 60.7 Å². The lowest BCUT2D eigenvalue weighted by molar-refractivity contribution is 1.13. The van der Waals surface area contributed by atoms with Gasteiger partial charge in [-0.15, -0.1) is 0 Å². The lowest BCUT2D eigenvalue weighted by Gasteiger charge is -2.19. The Bertz CT molecular complexity index is 3610. The van der Waals surface area contributed by atoms with Crippen molar-refractivity contribution < 1.29 is 0 Å². The zero-order valence-corrected chi connectivity index (χ0v) is 33.3. The third-order valence-electron chi connectivity index (χ3n) is 12.0. The van der Waals surface area contributed by atoms with Crippen molar-refractivity contribution in [2.75, 3.05) is 0 Å². The summed E-state index contributed by atoms with van der Waals surface area (Å²) >= 11 is 0. The van der Waals surface area contributed by atoms with E-state index in [1.165, 1.54) is 10.8 Å². The van der Waals surface area contributed by atoms with Crippen LogP contribution in [0, 0.1) is 34.0 Å². The molecule has 0 N–H and O–H groups in total. The first-order valence-corrected chi connectivity index (χ1v) is 20.4. The van der Waals surface area contributed by atoms with Crippen LogP contribution >= 0.6 is 0 Å². The molecule has 0 spiro atoms. The summed E-state index contributed by atoms with van der Waals surface area (Å²) < 4.78 is 4.62. The third kappa shape index (κ3) is 5.83. The molecule has 0 radical (unpaired) electrons. The molecule has 11 aromatic rings. The summed E-state index contributed by atoms with van der Waals surface area (Å²) in [5.74, 6) is 0. The molecule has 0 saturated carbocycles. The molecule has 5 heteroatoms. The largest absolute Gasteiger partial charge is 0.309 e. The quantitative estimate of drug-likeness (QED) is 0.168. The molecule has 2 heterocycles. The maximum absolute atomic E-state index is 9.95. The first-order valence-electron chi connectivity index (χ1n) is 20.4. The topological polar surface area (TPSA) is 81.2 Å². The van der Waals surface area contributed by atoms with Crippen molar-refractivity contribution in [2.24, 2.45) is 0 Å². The number of benzene rings is 9. The predicted octanol–water partition coefficient (Wildman–Crippen LogP) is 14.2. The standard InChI is InChI=1S/C57H33N5/c58-34-37-21-25-40(26-22-37)44-11-1-3-13-46(44)48-15-5-6-16-49(48)47-14-4-2-12-45(47)41-31-42(61-54-19-9-7-17-50(54)51-18-8-10-20-55(51)61)33-43(32-41)62-56-27-23-38(35-59)29-52(56)53-30-39(36-60)24-28-57(53)62/h1-33H. The van der Waals surface area contributed by atoms with Gasteiger partial charge in [-0.05, 0) is 123 Å². The summed E-state index contributed by atoms with van der Waals surface area (Å²) in [5.41, 5.74) is 16.4. The summed E-state index contributed by atoms with van der Waals surface area (Å²) in [7, 11) is 0. The Morgan fingerprint density at radius 2 is 0.629 bits per heavy atom. The molecule has 5 nitrogen and oxygen atoms in total. The smallest absolute Gasteiger partial charge is 0.0991 e. The van der Waals surface area contributed by atoms with Gasteiger partial charge >= 0.3 is 0 Å². The van der Waals surface area contributed by atoms with E-state index in [1.54, 1.807) is 0 Å². The molecule has 2 aromatic heterocycles. The maximum atomic E-state index is 9.95. The fraction of sp³-hybridized carbons (Fsp3) is 0. The second-order valence-electron chi connectivity index (χ2n) is 15.5. The number of hydrogen-bond acceptors (Lipinski definition) is 3. The molecule has 0 aliphatic heterocycles. The number of aromatic nitrogens is 2. The first-order chi connectivity index (χ1) is 30.6. The SMILES string of the molecule is N#Cc1ccc(-c2ccccc2-c2ccccc2-c2ccccc2-c2cc(-n3c4ccccc4c4ccccc43)cc(-n3c4ccc(C#N)cc4c4cc(C#N)ccc43)c2)cc1. The van der Waals surface area contributed by atoms with E-state index < -0.39 is 0 Å². The minimum atomic E-state index is 0.562. The summed E-state index contributed by atoms with van der Waals surface area (Å²) in [6.07, 6.45) is 0. The van der Waals surface area contributed by atoms with Crippen molar-refractivity contribution in [2.45, 2.75) is 0 Å². The molecule has 286 valence electrons. The van der Waals surface area contributed by atoms with Crippen LogP contribution < -0.4 is 0 Å². The first kappa shape index (κ1) is 36.2. The molecule has 0 amide bonds. The van der Waals surface area contributed by atoms with Gasteiger partial charge in [0.2, 0.25) is 0 Å². The van der Waals surface area contributed by atoms with E-state index in [-0.39, 0.29) is 0 Å². The summed E-state index contributed by atoms with van der Waals surface area (Å²) in [6, 6.07) is 75.9. The molecular weight excluding hydrogens is 755 g/mol. The molecule has 0 atom stereocenters. The van der Waals surface area contributed by atoms with E-state index in [0.717, 1.165) is 88.7 Å². The average molecular weight is 788 g/mol. The number of rotatable bonds is 6. The number of hydrogen-bond donors (Lipinski definition) is 0. The van der Waals surface area contributed by atoms with Crippen LogP contribution in [0.3, 0.4) is 0 Å². The Morgan fingerprint density at radius 1 is 0.274 bits per heavy atom. The van der Waals surface area contributed by atoms with Gasteiger partial charge in [-0.1, -0.05) is 121 Å². The molecule has 9 aromatic carbocycles. The molecule has 0 fully saturated rings. The second-order valence-corrected chi connectivity index (χ2v) is 15.5. The number of nitrogens with zero attached hydrogens (tertiary/aromatic N) is 5. The molecule has 0 aliphatic rings. The van der Waals surface area contributed by atoms with Crippen molar-refractivity contribution in [3.63, 3.8) is 0 Å². The van der Waals surface area contributed by atoms with Crippen molar-refractivity contribution in [3.8, 4) is 74.1 Å². The van der Waals surface area contributed by atoms with E-state index in [0.29, 0.717) is 16.7 Å². The van der Waals surface area contributed by atoms with Crippen LogP contribution in [0.4, 0.5) is 0 Å². The van der Waals surface area contributed by atoms with Crippen LogP contribution in [-0.2, 0) is 0 Å². The highest BCUT2D eigenvalue weighted by Crippen LogP contribution is 2.44. The van der Waals surface area contributed by atoms with Gasteiger partial charge in [0.15, 0.2) is 0 Å². The maximum Gasteiger partial charge on any atom is 0.0991 e. The van der Waals surface area contributed by atoms with Crippen LogP contribution in [0.25, 0.3) is 99.5 Å². The van der Waals surface area contributed by atoms with Gasteiger partial charge < -0.3 is 9.13 Å². The van der Waals surface area contributed by atoms with Crippen LogP contribution in [0.5, 0.6) is 0 Å². The molecule has 0 unspecified atom stereocenters. The Morgan fingerprint density at radius 3 is 1.08 bits per heavy atom. The van der Waals surface area contributed by atoms with Gasteiger partial charge in [-0.3, -0.25) is 0 Å². The Hall–Kier alpha value is -8.95. The van der Waals surface area contributed by atoms with E-state index in [2.05, 4.69) is 167 Å². The van der Waals surface area contributed by atoms with Crippen LogP contribution in [-0.4, -0.2) is 9.13 Å². The number of para-hydroxylation sites is 2. The van der Waals surface area contributed by atoms with E-state index in [4.69, 9.17) is 0 Å². The fourth-order valence-corrected chi connectivity index (χ4v) is 9.27. The minimum Gasteiger partial charge on any atom is -0.309 e. The van der Waals surface area contributed by atoms with Crippen molar-refractivity contribution in [1.29, 1.82) is 15.8 Å². The molecule has 0 aliphatic carbocycles. The van der Waals surface area contributed by atoms with Crippen molar-refractivity contribution in [3.05, 3.63) is 217 Å². The monoisotopic (exact) mass is 787 g/mol. The highest BCUT2D eigenvalue weighted by molar-refractivity contribution is 6.11. The lowest BCUT2D eigenvalue weighted by atomic mass is 9.86. The number of fused-ring (bicyclic) bond motifs is 6. The van der Waals surface area contributed by atoms with E-state index in [9.17, 15) is 15.8 Å². The molecule has 62 heavy (non-hydrogen) atoms. The Labute approximate surface area is 358 Å². The Kier molecular flexibility index (Phi) is 8.57. The van der Waals surface area contributed by atoms with Crippen LogP contribution in [0.1, 0.15) is 16.7 Å². The van der Waals surface area contributed by atoms with Gasteiger partial charge in [-0.2, -0.15) is 15.8 Å². The lowest BCUT2D eigenvalue weighted by Crippen LogP contribution is -2.00. The summed E-state index contributed by atoms with van der Waals surface area (Å²) in [6.45, 7) is 0. The molecule has 0 bridgehead atoms. The molecule has 11 rings (SSSR count). The average Bonchev–Trinajstić information content (AvgIpc) is 3.86. The highest BCUT2D eigenvalue weighted by atomic mass is 15.0. The zero-order chi connectivity index (χ0) is 41.7. The normalized spacial score (nSPS) is 11.2. The number of nitriles is 3. The zero-order valence-electron chi connectivity index (χ0n) is 33.3.